The lowest BCUT2D eigenvalue weighted by molar-refractivity contribution is 0.141. The molecular formula is C12H17ClFNO3S. The van der Waals surface area contributed by atoms with Crippen LogP contribution in [0.3, 0.4) is 0 Å². The Morgan fingerprint density at radius 3 is 2.58 bits per heavy atom. The van der Waals surface area contributed by atoms with Crippen molar-refractivity contribution in [3.8, 4) is 0 Å². The number of hydrogen-bond donors (Lipinski definition) is 2. The number of aliphatic hydroxyl groups is 1. The molecule has 7 heteroatoms. The first-order chi connectivity index (χ1) is 8.75. The third-order valence-electron chi connectivity index (χ3n) is 3.11. The molecule has 4 nitrogen and oxygen atoms in total. The molecule has 0 heterocycles. The Kier molecular flexibility index (Phi) is 5.32. The first kappa shape index (κ1) is 16.4. The Labute approximate surface area is 117 Å². The van der Waals surface area contributed by atoms with Gasteiger partial charge in [-0.2, -0.15) is 0 Å². The molecule has 1 aromatic rings. The van der Waals surface area contributed by atoms with Crippen molar-refractivity contribution in [2.75, 3.05) is 13.2 Å². The molecule has 1 aromatic carbocycles. The Morgan fingerprint density at radius 2 is 2.11 bits per heavy atom. The van der Waals surface area contributed by atoms with Crippen LogP contribution in [0.1, 0.15) is 20.3 Å². The summed E-state index contributed by atoms with van der Waals surface area (Å²) in [7, 11) is -4.04. The fourth-order valence-electron chi connectivity index (χ4n) is 1.37. The van der Waals surface area contributed by atoms with Crippen molar-refractivity contribution in [3.63, 3.8) is 0 Å². The van der Waals surface area contributed by atoms with Crippen LogP contribution in [0, 0.1) is 11.2 Å². The molecular weight excluding hydrogens is 293 g/mol. The van der Waals surface area contributed by atoms with E-state index in [0.29, 0.717) is 6.42 Å². The summed E-state index contributed by atoms with van der Waals surface area (Å²) in [5, 5.41) is 9.06. The predicted octanol–water partition coefficient (Wildman–Crippen LogP) is 2.17. The van der Waals surface area contributed by atoms with Gasteiger partial charge in [-0.3, -0.25) is 0 Å². The van der Waals surface area contributed by atoms with Crippen molar-refractivity contribution in [3.05, 3.63) is 29.0 Å². The number of benzene rings is 1. The maximum Gasteiger partial charge on any atom is 0.244 e. The van der Waals surface area contributed by atoms with Gasteiger partial charge in [0.15, 0.2) is 0 Å². The number of halogens is 2. The van der Waals surface area contributed by atoms with Gasteiger partial charge >= 0.3 is 0 Å². The lowest BCUT2D eigenvalue weighted by Gasteiger charge is -2.25. The van der Waals surface area contributed by atoms with Crippen molar-refractivity contribution >= 4 is 21.6 Å². The number of hydrogen-bond acceptors (Lipinski definition) is 3. The van der Waals surface area contributed by atoms with E-state index in [1.807, 2.05) is 6.92 Å². The van der Waals surface area contributed by atoms with Crippen LogP contribution in [-0.4, -0.2) is 26.7 Å². The van der Waals surface area contributed by atoms with Gasteiger partial charge in [-0.15, -0.1) is 0 Å². The van der Waals surface area contributed by atoms with Crippen LogP contribution in [0.15, 0.2) is 23.1 Å². The number of nitrogens with one attached hydrogen (secondary N) is 1. The largest absolute Gasteiger partial charge is 0.396 e. The summed E-state index contributed by atoms with van der Waals surface area (Å²) in [4.78, 5) is -0.562. The molecule has 0 fully saturated rings. The summed E-state index contributed by atoms with van der Waals surface area (Å²) < 4.78 is 39.9. The second-order valence-corrected chi connectivity index (χ2v) is 6.81. The molecule has 0 saturated carbocycles. The molecule has 0 amide bonds. The smallest absolute Gasteiger partial charge is 0.244 e. The van der Waals surface area contributed by atoms with Crippen LogP contribution in [0.2, 0.25) is 5.02 Å². The van der Waals surface area contributed by atoms with Gasteiger partial charge in [0.25, 0.3) is 0 Å². The Morgan fingerprint density at radius 1 is 1.47 bits per heavy atom. The summed E-state index contributed by atoms with van der Waals surface area (Å²) in [5.41, 5.74) is -0.592. The van der Waals surface area contributed by atoms with Gasteiger partial charge in [0.1, 0.15) is 10.7 Å². The molecule has 0 saturated heterocycles. The van der Waals surface area contributed by atoms with Crippen LogP contribution in [0.5, 0.6) is 0 Å². The molecule has 0 aliphatic heterocycles. The lowest BCUT2D eigenvalue weighted by Crippen LogP contribution is -2.38. The van der Waals surface area contributed by atoms with Gasteiger partial charge in [-0.1, -0.05) is 31.5 Å². The van der Waals surface area contributed by atoms with E-state index in [1.54, 1.807) is 6.92 Å². The van der Waals surface area contributed by atoms with E-state index in [0.717, 1.165) is 6.07 Å². The highest BCUT2D eigenvalue weighted by molar-refractivity contribution is 7.89. The quantitative estimate of drug-likeness (QED) is 0.846. The summed E-state index contributed by atoms with van der Waals surface area (Å²) in [5.74, 6) is -0.901. The zero-order valence-corrected chi connectivity index (χ0v) is 12.4. The molecule has 0 aromatic heterocycles. The van der Waals surface area contributed by atoms with Crippen LogP contribution in [0.25, 0.3) is 0 Å². The molecule has 0 aliphatic carbocycles. The fraction of sp³-hybridized carbons (Fsp3) is 0.500. The second kappa shape index (κ2) is 6.17. The highest BCUT2D eigenvalue weighted by atomic mass is 35.5. The zero-order chi connectivity index (χ0) is 14.7. The van der Waals surface area contributed by atoms with E-state index in [4.69, 9.17) is 11.6 Å². The molecule has 108 valence electrons. The molecule has 0 bridgehead atoms. The van der Waals surface area contributed by atoms with Gasteiger partial charge in [-0.25, -0.2) is 17.5 Å². The van der Waals surface area contributed by atoms with E-state index >= 15 is 0 Å². The third-order valence-corrected chi connectivity index (χ3v) is 5.02. The van der Waals surface area contributed by atoms with Crippen LogP contribution < -0.4 is 4.72 Å². The SMILES string of the molecule is CC[C@](C)(CO)CNS(=O)(=O)c1c(F)cccc1Cl. The van der Waals surface area contributed by atoms with Crippen molar-refractivity contribution in [1.82, 2.24) is 4.72 Å². The summed E-state index contributed by atoms with van der Waals surface area (Å²) in [6.07, 6.45) is 0.580. The molecule has 2 N–H and O–H groups in total. The average Bonchev–Trinajstić information content (AvgIpc) is 2.35. The van der Waals surface area contributed by atoms with E-state index in [2.05, 4.69) is 4.72 Å². The first-order valence-electron chi connectivity index (χ1n) is 5.80. The molecule has 1 atom stereocenters. The van der Waals surface area contributed by atoms with Crippen molar-refractivity contribution in [1.29, 1.82) is 0 Å². The number of aliphatic hydroxyl groups excluding tert-OH is 1. The van der Waals surface area contributed by atoms with Crippen LogP contribution >= 0.6 is 11.6 Å². The van der Waals surface area contributed by atoms with Gasteiger partial charge in [0.05, 0.1) is 5.02 Å². The zero-order valence-electron chi connectivity index (χ0n) is 10.8. The summed E-state index contributed by atoms with van der Waals surface area (Å²) in [6.45, 7) is 3.41. The highest BCUT2D eigenvalue weighted by Crippen LogP contribution is 2.25. The van der Waals surface area contributed by atoms with E-state index in [-0.39, 0.29) is 18.2 Å². The monoisotopic (exact) mass is 309 g/mol. The average molecular weight is 310 g/mol. The number of rotatable bonds is 6. The standard InChI is InChI=1S/C12H17ClFNO3S/c1-3-12(2,8-16)7-15-19(17,18)11-9(13)5-4-6-10(11)14/h4-6,15-16H,3,7-8H2,1-2H3/t12-/m0/s1. The van der Waals surface area contributed by atoms with Crippen molar-refractivity contribution in [2.24, 2.45) is 5.41 Å². The van der Waals surface area contributed by atoms with E-state index in [9.17, 15) is 17.9 Å². The topological polar surface area (TPSA) is 66.4 Å². The summed E-state index contributed by atoms with van der Waals surface area (Å²) in [6, 6.07) is 3.68. The Bertz CT molecular complexity index is 524. The van der Waals surface area contributed by atoms with E-state index in [1.165, 1.54) is 12.1 Å². The fourth-order valence-corrected chi connectivity index (χ4v) is 3.17. The number of sulfonamides is 1. The minimum Gasteiger partial charge on any atom is -0.396 e. The van der Waals surface area contributed by atoms with Gasteiger partial charge in [-0.05, 0) is 18.6 Å². The van der Waals surface area contributed by atoms with E-state index < -0.39 is 26.2 Å². The minimum atomic E-state index is -4.04. The maximum atomic E-state index is 13.6. The normalized spacial score (nSPS) is 15.2. The molecule has 0 unspecified atom stereocenters. The third kappa shape index (κ3) is 3.89. The van der Waals surface area contributed by atoms with Gasteiger partial charge < -0.3 is 5.11 Å². The lowest BCUT2D eigenvalue weighted by atomic mass is 9.89. The van der Waals surface area contributed by atoms with Gasteiger partial charge in [0, 0.05) is 18.6 Å². The molecule has 1 rings (SSSR count). The molecule has 19 heavy (non-hydrogen) atoms. The minimum absolute atomic E-state index is 0.00694. The highest BCUT2D eigenvalue weighted by Gasteiger charge is 2.27. The maximum absolute atomic E-state index is 13.6. The van der Waals surface area contributed by atoms with Gasteiger partial charge in [0.2, 0.25) is 10.0 Å². The Balaban J connectivity index is 3.00. The second-order valence-electron chi connectivity index (χ2n) is 4.70. The molecule has 0 aliphatic rings. The predicted molar refractivity (Wildman–Crippen MR) is 72.1 cm³/mol. The Hall–Kier alpha value is -0.690. The molecule has 0 spiro atoms. The van der Waals surface area contributed by atoms with Crippen molar-refractivity contribution < 1.29 is 17.9 Å². The van der Waals surface area contributed by atoms with Crippen molar-refractivity contribution in [2.45, 2.75) is 25.2 Å². The van der Waals surface area contributed by atoms with Crippen LogP contribution in [-0.2, 0) is 10.0 Å². The first-order valence-corrected chi connectivity index (χ1v) is 7.66. The van der Waals surface area contributed by atoms with Crippen LogP contribution in [0.4, 0.5) is 4.39 Å². The molecule has 0 radical (unpaired) electrons. The summed E-state index contributed by atoms with van der Waals surface area (Å²) >= 11 is 5.72.